The number of hydrogen-bond acceptors (Lipinski definition) is 1. The van der Waals surface area contributed by atoms with E-state index < -0.39 is 0 Å². The number of hydrogen-bond donors (Lipinski definition) is 0. The van der Waals surface area contributed by atoms with Crippen LogP contribution >= 0.6 is 0 Å². The third-order valence-corrected chi connectivity index (χ3v) is 8.52. The first-order chi connectivity index (χ1) is 18.7. The summed E-state index contributed by atoms with van der Waals surface area (Å²) in [7, 11) is 0. The number of aryl methyl sites for hydroxylation is 1. The lowest BCUT2D eigenvalue weighted by atomic mass is 9.66. The fourth-order valence-corrected chi connectivity index (χ4v) is 6.19. The SMILES string of the molecule is CCCCCCCCCCCCn1ccnc1C(CCCCC)C(C)(Cc1ccccc1)c1ccccc1. The lowest BCUT2D eigenvalue weighted by molar-refractivity contribution is 0.322. The van der Waals surface area contributed by atoms with Gasteiger partial charge in [-0.1, -0.05) is 158 Å². The minimum atomic E-state index is -0.0166. The molecule has 0 radical (unpaired) electrons. The third kappa shape index (κ3) is 9.44. The highest BCUT2D eigenvalue weighted by molar-refractivity contribution is 5.33. The molecule has 0 aliphatic rings. The van der Waals surface area contributed by atoms with Crippen molar-refractivity contribution in [2.45, 2.75) is 135 Å². The van der Waals surface area contributed by atoms with E-state index in [9.17, 15) is 0 Å². The van der Waals surface area contributed by atoms with Crippen LogP contribution in [0.1, 0.15) is 134 Å². The fraction of sp³-hybridized carbons (Fsp3) is 0.583. The molecule has 2 heteroatoms. The topological polar surface area (TPSA) is 17.8 Å². The van der Waals surface area contributed by atoms with Gasteiger partial charge >= 0.3 is 0 Å². The molecule has 208 valence electrons. The van der Waals surface area contributed by atoms with Crippen LogP contribution < -0.4 is 0 Å². The minimum Gasteiger partial charge on any atom is -0.335 e. The summed E-state index contributed by atoms with van der Waals surface area (Å²) in [6.45, 7) is 8.18. The van der Waals surface area contributed by atoms with E-state index in [1.54, 1.807) is 0 Å². The van der Waals surface area contributed by atoms with Crippen molar-refractivity contribution in [3.63, 3.8) is 0 Å². The molecule has 2 unspecified atom stereocenters. The average Bonchev–Trinajstić information content (AvgIpc) is 3.41. The predicted molar refractivity (Wildman–Crippen MR) is 165 cm³/mol. The smallest absolute Gasteiger partial charge is 0.112 e. The molecule has 1 heterocycles. The summed E-state index contributed by atoms with van der Waals surface area (Å²) in [6, 6.07) is 22.3. The Bertz CT molecular complexity index is 977. The quantitative estimate of drug-likeness (QED) is 0.137. The molecule has 3 rings (SSSR count). The van der Waals surface area contributed by atoms with Gasteiger partial charge in [-0.25, -0.2) is 4.98 Å². The van der Waals surface area contributed by atoms with Crippen LogP contribution in [-0.4, -0.2) is 9.55 Å². The van der Waals surface area contributed by atoms with E-state index in [4.69, 9.17) is 4.98 Å². The second kappa shape index (κ2) is 17.3. The molecule has 0 N–H and O–H groups in total. The van der Waals surface area contributed by atoms with Gasteiger partial charge in [0.05, 0.1) is 0 Å². The van der Waals surface area contributed by atoms with Crippen LogP contribution in [0.15, 0.2) is 73.1 Å². The fourth-order valence-electron chi connectivity index (χ4n) is 6.19. The number of benzene rings is 2. The zero-order valence-corrected chi connectivity index (χ0v) is 24.7. The summed E-state index contributed by atoms with van der Waals surface area (Å²) in [5.41, 5.74) is 2.82. The van der Waals surface area contributed by atoms with Crippen molar-refractivity contribution in [2.75, 3.05) is 0 Å². The molecule has 0 spiro atoms. The van der Waals surface area contributed by atoms with Crippen LogP contribution in [0.3, 0.4) is 0 Å². The Balaban J connectivity index is 1.71. The van der Waals surface area contributed by atoms with E-state index in [2.05, 4.69) is 92.2 Å². The van der Waals surface area contributed by atoms with Gasteiger partial charge in [0.15, 0.2) is 0 Å². The van der Waals surface area contributed by atoms with Gasteiger partial charge in [0.1, 0.15) is 5.82 Å². The summed E-state index contributed by atoms with van der Waals surface area (Å²) >= 11 is 0. The molecule has 2 nitrogen and oxygen atoms in total. The van der Waals surface area contributed by atoms with Crippen molar-refractivity contribution in [3.05, 3.63) is 90.0 Å². The van der Waals surface area contributed by atoms with Gasteiger partial charge in [-0.15, -0.1) is 0 Å². The Morgan fingerprint density at radius 1 is 0.684 bits per heavy atom. The molecule has 0 saturated carbocycles. The number of rotatable bonds is 20. The summed E-state index contributed by atoms with van der Waals surface area (Å²) in [6.07, 6.45) is 24.0. The zero-order valence-electron chi connectivity index (χ0n) is 24.7. The van der Waals surface area contributed by atoms with Crippen LogP contribution in [-0.2, 0) is 18.4 Å². The number of nitrogens with zero attached hydrogens (tertiary/aromatic N) is 2. The molecule has 3 aromatic rings. The first-order valence-corrected chi connectivity index (χ1v) is 15.8. The van der Waals surface area contributed by atoms with Gasteiger partial charge in [-0.05, 0) is 30.4 Å². The number of unbranched alkanes of at least 4 members (excludes halogenated alkanes) is 11. The maximum atomic E-state index is 5.06. The molecular weight excluding hydrogens is 460 g/mol. The molecule has 38 heavy (non-hydrogen) atoms. The Morgan fingerprint density at radius 3 is 1.87 bits per heavy atom. The molecule has 0 amide bonds. The summed E-state index contributed by atoms with van der Waals surface area (Å²) in [5, 5.41) is 0. The Kier molecular flexibility index (Phi) is 13.7. The maximum Gasteiger partial charge on any atom is 0.112 e. The van der Waals surface area contributed by atoms with Crippen LogP contribution in [0.2, 0.25) is 0 Å². The highest BCUT2D eigenvalue weighted by Gasteiger charge is 2.39. The van der Waals surface area contributed by atoms with Gasteiger partial charge in [0, 0.05) is 30.3 Å². The average molecular weight is 515 g/mol. The Labute approximate surface area is 234 Å². The first-order valence-electron chi connectivity index (χ1n) is 15.8. The van der Waals surface area contributed by atoms with Gasteiger partial charge < -0.3 is 4.57 Å². The van der Waals surface area contributed by atoms with Crippen molar-refractivity contribution in [1.29, 1.82) is 0 Å². The van der Waals surface area contributed by atoms with Gasteiger partial charge in [-0.3, -0.25) is 0 Å². The highest BCUT2D eigenvalue weighted by Crippen LogP contribution is 2.44. The predicted octanol–water partition coefficient (Wildman–Crippen LogP) is 10.7. The normalized spacial score (nSPS) is 13.9. The lowest BCUT2D eigenvalue weighted by Gasteiger charge is -2.39. The molecule has 0 saturated heterocycles. The molecule has 1 aromatic heterocycles. The van der Waals surface area contributed by atoms with Crippen LogP contribution in [0.4, 0.5) is 0 Å². The third-order valence-electron chi connectivity index (χ3n) is 8.52. The monoisotopic (exact) mass is 514 g/mol. The van der Waals surface area contributed by atoms with Gasteiger partial charge in [0.25, 0.3) is 0 Å². The zero-order chi connectivity index (χ0) is 26.9. The first kappa shape index (κ1) is 30.2. The second-order valence-electron chi connectivity index (χ2n) is 11.7. The maximum absolute atomic E-state index is 5.06. The summed E-state index contributed by atoms with van der Waals surface area (Å²) < 4.78 is 2.49. The van der Waals surface area contributed by atoms with Crippen molar-refractivity contribution in [3.8, 4) is 0 Å². The Morgan fingerprint density at radius 2 is 1.24 bits per heavy atom. The largest absolute Gasteiger partial charge is 0.335 e. The molecule has 0 aliphatic heterocycles. The molecular formula is C36H54N2. The van der Waals surface area contributed by atoms with Crippen molar-refractivity contribution in [1.82, 2.24) is 9.55 Å². The molecule has 0 aliphatic carbocycles. The molecule has 2 atom stereocenters. The van der Waals surface area contributed by atoms with Crippen LogP contribution in [0.5, 0.6) is 0 Å². The highest BCUT2D eigenvalue weighted by atomic mass is 15.1. The Hall–Kier alpha value is -2.35. The standard InChI is InChI=1S/C36H54N2/c1-4-6-8-9-10-11-12-13-14-22-29-38-30-28-37-35(38)34(27-17-7-5-2)36(3,33-25-20-16-21-26-33)31-32-23-18-15-19-24-32/h15-16,18-21,23-26,28,30,34H,4-14,17,22,27,29,31H2,1-3H3. The van der Waals surface area contributed by atoms with Crippen molar-refractivity contribution in [2.24, 2.45) is 0 Å². The van der Waals surface area contributed by atoms with Crippen molar-refractivity contribution >= 4 is 0 Å². The van der Waals surface area contributed by atoms with Crippen molar-refractivity contribution < 1.29 is 0 Å². The van der Waals surface area contributed by atoms with E-state index in [1.807, 2.05) is 6.20 Å². The molecule has 0 bridgehead atoms. The number of imidazole rings is 1. The molecule has 0 fully saturated rings. The number of aromatic nitrogens is 2. The van der Waals surface area contributed by atoms with E-state index in [-0.39, 0.29) is 5.41 Å². The van der Waals surface area contributed by atoms with Crippen LogP contribution in [0, 0.1) is 0 Å². The van der Waals surface area contributed by atoms with E-state index >= 15 is 0 Å². The van der Waals surface area contributed by atoms with E-state index in [0.29, 0.717) is 5.92 Å². The summed E-state index contributed by atoms with van der Waals surface area (Å²) in [5.74, 6) is 1.68. The van der Waals surface area contributed by atoms with E-state index in [1.165, 1.54) is 107 Å². The minimum absolute atomic E-state index is 0.0166. The van der Waals surface area contributed by atoms with E-state index in [0.717, 1.165) is 13.0 Å². The van der Waals surface area contributed by atoms with Gasteiger partial charge in [0.2, 0.25) is 0 Å². The lowest BCUT2D eigenvalue weighted by Crippen LogP contribution is -2.35. The second-order valence-corrected chi connectivity index (χ2v) is 11.7. The van der Waals surface area contributed by atoms with Crippen LogP contribution in [0.25, 0.3) is 0 Å². The molecule has 2 aromatic carbocycles. The summed E-state index contributed by atoms with van der Waals surface area (Å²) in [4.78, 5) is 5.06. The van der Waals surface area contributed by atoms with Gasteiger partial charge in [-0.2, -0.15) is 0 Å².